The number of hydrogen-bond acceptors (Lipinski definition) is 3. The fraction of sp³-hybridized carbons (Fsp3) is 0.485. The van der Waals surface area contributed by atoms with Gasteiger partial charge in [-0.3, -0.25) is 4.79 Å². The van der Waals surface area contributed by atoms with Crippen molar-refractivity contribution in [2.45, 2.75) is 102 Å². The third-order valence-electron chi connectivity index (χ3n) is 8.12. The highest BCUT2D eigenvalue weighted by atomic mass is 16.4. The normalized spacial score (nSPS) is 14.6. The topological polar surface area (TPSA) is 63.1 Å². The predicted molar refractivity (Wildman–Crippen MR) is 152 cm³/mol. The van der Waals surface area contributed by atoms with E-state index >= 15 is 0 Å². The Bertz CT molecular complexity index is 1100. The Hall–Kier alpha value is -3.01. The van der Waals surface area contributed by atoms with Gasteiger partial charge in [-0.25, -0.2) is 9.97 Å². The highest BCUT2D eigenvalue weighted by molar-refractivity contribution is 5.68. The Kier molecular flexibility index (Phi) is 9.87. The molecular weight excluding hydrogens is 456 g/mol. The first-order valence-corrected chi connectivity index (χ1v) is 14.3. The van der Waals surface area contributed by atoms with Crippen LogP contribution in [0.2, 0.25) is 0 Å². The Morgan fingerprint density at radius 1 is 0.784 bits per heavy atom. The third-order valence-corrected chi connectivity index (χ3v) is 8.12. The molecule has 1 aliphatic carbocycles. The average molecular weight is 499 g/mol. The van der Waals surface area contributed by atoms with E-state index in [1.807, 2.05) is 12.4 Å². The molecule has 196 valence electrons. The molecule has 1 heterocycles. The van der Waals surface area contributed by atoms with Crippen LogP contribution in [0.4, 0.5) is 0 Å². The van der Waals surface area contributed by atoms with E-state index in [4.69, 9.17) is 15.1 Å². The fourth-order valence-electron chi connectivity index (χ4n) is 5.83. The molecule has 0 atom stereocenters. The molecule has 0 amide bonds. The SMILES string of the molecule is CCCCCCc1ccc(-c2ccc(-c3ncc(C4(CCCCCC(=O)O)CCCC4)cn3)cc2)cc1. The summed E-state index contributed by atoms with van der Waals surface area (Å²) in [4.78, 5) is 20.3. The Morgan fingerprint density at radius 2 is 1.38 bits per heavy atom. The molecule has 0 saturated heterocycles. The second-order valence-corrected chi connectivity index (χ2v) is 10.8. The minimum atomic E-state index is -0.696. The Balaban J connectivity index is 1.37. The van der Waals surface area contributed by atoms with Gasteiger partial charge >= 0.3 is 5.97 Å². The van der Waals surface area contributed by atoms with Gasteiger partial charge in [0.05, 0.1) is 0 Å². The second kappa shape index (κ2) is 13.5. The van der Waals surface area contributed by atoms with Gasteiger partial charge in [-0.15, -0.1) is 0 Å². The summed E-state index contributed by atoms with van der Waals surface area (Å²) in [6.07, 6.45) is 19.5. The molecule has 3 aromatic rings. The highest BCUT2D eigenvalue weighted by Gasteiger charge is 2.35. The Morgan fingerprint density at radius 3 is 2.00 bits per heavy atom. The lowest BCUT2D eigenvalue weighted by molar-refractivity contribution is -0.137. The third kappa shape index (κ3) is 7.50. The van der Waals surface area contributed by atoms with E-state index in [1.54, 1.807) is 0 Å². The summed E-state index contributed by atoms with van der Waals surface area (Å²) in [6, 6.07) is 17.6. The zero-order chi connectivity index (χ0) is 25.9. The maximum atomic E-state index is 10.8. The largest absolute Gasteiger partial charge is 0.481 e. The van der Waals surface area contributed by atoms with Crippen molar-refractivity contribution in [2.24, 2.45) is 0 Å². The molecule has 37 heavy (non-hydrogen) atoms. The molecule has 4 rings (SSSR count). The van der Waals surface area contributed by atoms with Crippen LogP contribution in [0.15, 0.2) is 60.9 Å². The van der Waals surface area contributed by atoms with Crippen LogP contribution in [0.1, 0.15) is 102 Å². The molecule has 1 N–H and O–H groups in total. The van der Waals surface area contributed by atoms with Gasteiger partial charge in [0.2, 0.25) is 0 Å². The molecule has 0 spiro atoms. The number of unbranched alkanes of at least 4 members (excludes halogenated alkanes) is 5. The minimum Gasteiger partial charge on any atom is -0.481 e. The van der Waals surface area contributed by atoms with Crippen LogP contribution in [-0.2, 0) is 16.6 Å². The van der Waals surface area contributed by atoms with E-state index in [0.717, 1.165) is 37.1 Å². The maximum absolute atomic E-state index is 10.8. The van der Waals surface area contributed by atoms with Crippen molar-refractivity contribution in [2.75, 3.05) is 0 Å². The van der Waals surface area contributed by atoms with Crippen LogP contribution in [0.3, 0.4) is 0 Å². The molecule has 0 aliphatic heterocycles. The average Bonchev–Trinajstić information content (AvgIpc) is 3.41. The fourth-order valence-corrected chi connectivity index (χ4v) is 5.83. The van der Waals surface area contributed by atoms with Gasteiger partial charge in [-0.1, -0.05) is 100 Å². The van der Waals surface area contributed by atoms with E-state index < -0.39 is 5.97 Å². The van der Waals surface area contributed by atoms with Crippen molar-refractivity contribution >= 4 is 5.97 Å². The molecule has 2 aromatic carbocycles. The van der Waals surface area contributed by atoms with Gasteiger partial charge in [-0.2, -0.15) is 0 Å². The van der Waals surface area contributed by atoms with Crippen molar-refractivity contribution in [1.29, 1.82) is 0 Å². The quantitative estimate of drug-likeness (QED) is 0.226. The molecule has 4 nitrogen and oxygen atoms in total. The number of rotatable bonds is 14. The first kappa shape index (κ1) is 27.0. The molecule has 1 aliphatic rings. The lowest BCUT2D eigenvalue weighted by Crippen LogP contribution is -2.22. The van der Waals surface area contributed by atoms with Crippen LogP contribution in [0.5, 0.6) is 0 Å². The number of carbonyl (C=O) groups is 1. The van der Waals surface area contributed by atoms with E-state index in [2.05, 4.69) is 55.5 Å². The van der Waals surface area contributed by atoms with E-state index in [9.17, 15) is 4.79 Å². The molecule has 0 radical (unpaired) electrons. The summed E-state index contributed by atoms with van der Waals surface area (Å²) >= 11 is 0. The van der Waals surface area contributed by atoms with Crippen LogP contribution in [0, 0.1) is 0 Å². The van der Waals surface area contributed by atoms with Crippen LogP contribution < -0.4 is 0 Å². The maximum Gasteiger partial charge on any atom is 0.303 e. The van der Waals surface area contributed by atoms with Gasteiger partial charge < -0.3 is 5.11 Å². The number of carboxylic acids is 1. The molecule has 1 saturated carbocycles. The van der Waals surface area contributed by atoms with Crippen molar-refractivity contribution in [3.05, 3.63) is 72.1 Å². The molecular formula is C33H42N2O2. The zero-order valence-corrected chi connectivity index (χ0v) is 22.4. The van der Waals surface area contributed by atoms with Gasteiger partial charge in [0, 0.05) is 24.4 Å². The highest BCUT2D eigenvalue weighted by Crippen LogP contribution is 2.44. The molecule has 1 aromatic heterocycles. The van der Waals surface area contributed by atoms with Gasteiger partial charge in [-0.05, 0) is 66.2 Å². The van der Waals surface area contributed by atoms with Crippen LogP contribution >= 0.6 is 0 Å². The Labute approximate surface area is 222 Å². The van der Waals surface area contributed by atoms with E-state index in [-0.39, 0.29) is 11.8 Å². The molecule has 1 fully saturated rings. The summed E-state index contributed by atoms with van der Waals surface area (Å²) in [5.41, 5.74) is 6.33. The van der Waals surface area contributed by atoms with E-state index in [1.165, 1.54) is 80.0 Å². The number of aliphatic carboxylic acids is 1. The summed E-state index contributed by atoms with van der Waals surface area (Å²) in [6.45, 7) is 2.25. The lowest BCUT2D eigenvalue weighted by Gasteiger charge is -2.29. The number of carboxylic acid groups (broad SMARTS) is 1. The first-order chi connectivity index (χ1) is 18.1. The van der Waals surface area contributed by atoms with Crippen LogP contribution in [0.25, 0.3) is 22.5 Å². The lowest BCUT2D eigenvalue weighted by atomic mass is 9.76. The van der Waals surface area contributed by atoms with Gasteiger partial charge in [0.15, 0.2) is 5.82 Å². The standard InChI is InChI=1S/C33H42N2O2/c1-2-3-4-6-11-26-13-15-27(16-14-26)28-17-19-29(20-18-28)32-34-24-30(25-35-32)33(22-9-10-23-33)21-8-5-7-12-31(36)37/h13-20,24-25H,2-12,21-23H2,1H3,(H,36,37). The molecule has 0 unspecified atom stereocenters. The number of nitrogens with zero attached hydrogens (tertiary/aromatic N) is 2. The number of benzene rings is 2. The monoisotopic (exact) mass is 498 g/mol. The number of aromatic nitrogens is 2. The van der Waals surface area contributed by atoms with Crippen LogP contribution in [-0.4, -0.2) is 21.0 Å². The summed E-state index contributed by atoms with van der Waals surface area (Å²) in [7, 11) is 0. The molecule has 4 heteroatoms. The van der Waals surface area contributed by atoms with E-state index in [0.29, 0.717) is 0 Å². The van der Waals surface area contributed by atoms with Crippen molar-refractivity contribution in [3.8, 4) is 22.5 Å². The van der Waals surface area contributed by atoms with Crippen molar-refractivity contribution < 1.29 is 9.90 Å². The van der Waals surface area contributed by atoms with Gasteiger partial charge in [0.25, 0.3) is 0 Å². The van der Waals surface area contributed by atoms with Crippen molar-refractivity contribution in [3.63, 3.8) is 0 Å². The van der Waals surface area contributed by atoms with Gasteiger partial charge in [0.1, 0.15) is 0 Å². The second-order valence-electron chi connectivity index (χ2n) is 10.8. The summed E-state index contributed by atoms with van der Waals surface area (Å²) in [5.74, 6) is 0.0750. The summed E-state index contributed by atoms with van der Waals surface area (Å²) < 4.78 is 0. The minimum absolute atomic E-state index is 0.160. The summed E-state index contributed by atoms with van der Waals surface area (Å²) in [5, 5.41) is 8.88. The smallest absolute Gasteiger partial charge is 0.303 e. The number of aryl methyl sites for hydroxylation is 1. The number of hydrogen-bond donors (Lipinski definition) is 1. The predicted octanol–water partition coefficient (Wildman–Crippen LogP) is 8.78. The first-order valence-electron chi connectivity index (χ1n) is 14.3. The zero-order valence-electron chi connectivity index (χ0n) is 22.4. The molecule has 0 bridgehead atoms. The van der Waals surface area contributed by atoms with Crippen molar-refractivity contribution in [1.82, 2.24) is 9.97 Å².